The van der Waals surface area contributed by atoms with Crippen LogP contribution >= 0.6 is 11.6 Å². The van der Waals surface area contributed by atoms with E-state index in [1.54, 1.807) is 6.08 Å². The van der Waals surface area contributed by atoms with E-state index in [-0.39, 0.29) is 22.3 Å². The Morgan fingerprint density at radius 3 is 2.64 bits per heavy atom. The SMILES string of the molecule is O=C1OC(c2ccc(Cl)c([N+](=O)[O-])c2)=N/C1=C\C=C\c1ccccc1. The number of aliphatic imine (C=N–C) groups is 1. The first-order chi connectivity index (χ1) is 12.0. The fourth-order valence-electron chi connectivity index (χ4n) is 2.15. The molecule has 0 aromatic heterocycles. The third-order valence-corrected chi connectivity index (χ3v) is 3.67. The Morgan fingerprint density at radius 1 is 1.16 bits per heavy atom. The molecule has 0 atom stereocenters. The third kappa shape index (κ3) is 3.81. The quantitative estimate of drug-likeness (QED) is 0.357. The number of hydrogen-bond donors (Lipinski definition) is 0. The number of ether oxygens (including phenoxy) is 1. The molecule has 0 unspecified atom stereocenters. The van der Waals surface area contributed by atoms with Gasteiger partial charge in [-0.15, -0.1) is 0 Å². The highest BCUT2D eigenvalue weighted by molar-refractivity contribution is 6.32. The second kappa shape index (κ2) is 7.11. The first-order valence-electron chi connectivity index (χ1n) is 7.23. The molecule has 0 saturated carbocycles. The average Bonchev–Trinajstić information content (AvgIpc) is 2.97. The van der Waals surface area contributed by atoms with E-state index in [0.717, 1.165) is 5.56 Å². The number of rotatable bonds is 4. The third-order valence-electron chi connectivity index (χ3n) is 3.35. The smallest absolute Gasteiger partial charge is 0.363 e. The maximum absolute atomic E-state index is 11.9. The van der Waals surface area contributed by atoms with E-state index < -0.39 is 10.9 Å². The summed E-state index contributed by atoms with van der Waals surface area (Å²) in [6, 6.07) is 13.6. The van der Waals surface area contributed by atoms with Crippen LogP contribution in [0.15, 0.2) is 71.4 Å². The second-order valence-electron chi connectivity index (χ2n) is 5.05. The number of allylic oxidation sites excluding steroid dienone is 2. The molecular formula is C18H11ClN2O4. The highest BCUT2D eigenvalue weighted by Gasteiger charge is 2.25. The van der Waals surface area contributed by atoms with Crippen molar-refractivity contribution in [3.05, 3.63) is 92.6 Å². The van der Waals surface area contributed by atoms with E-state index in [2.05, 4.69) is 4.99 Å². The van der Waals surface area contributed by atoms with Gasteiger partial charge in [-0.3, -0.25) is 10.1 Å². The number of cyclic esters (lactones) is 1. The summed E-state index contributed by atoms with van der Waals surface area (Å²) >= 11 is 5.77. The standard InChI is InChI=1S/C18H11ClN2O4/c19-14-10-9-13(11-16(14)21(23)24)17-20-15(18(22)25-17)8-4-7-12-5-2-1-3-6-12/h1-11H/b7-4+,15-8-. The number of carbonyl (C=O) groups excluding carboxylic acids is 1. The molecule has 0 bridgehead atoms. The molecule has 0 N–H and O–H groups in total. The topological polar surface area (TPSA) is 81.8 Å². The highest BCUT2D eigenvalue weighted by Crippen LogP contribution is 2.27. The minimum atomic E-state index is -0.620. The molecule has 7 heteroatoms. The molecule has 1 aliphatic heterocycles. The molecule has 2 aromatic rings. The Bertz CT molecular complexity index is 933. The maximum atomic E-state index is 11.9. The number of nitrogens with zero attached hydrogens (tertiary/aromatic N) is 2. The average molecular weight is 355 g/mol. The predicted octanol–water partition coefficient (Wildman–Crippen LogP) is 4.15. The molecule has 1 aliphatic rings. The molecule has 124 valence electrons. The molecule has 0 saturated heterocycles. The number of hydrogen-bond acceptors (Lipinski definition) is 5. The van der Waals surface area contributed by atoms with E-state index in [4.69, 9.17) is 16.3 Å². The molecule has 0 aliphatic carbocycles. The molecule has 2 aromatic carbocycles. The van der Waals surface area contributed by atoms with E-state index in [0.29, 0.717) is 5.56 Å². The maximum Gasteiger partial charge on any atom is 0.363 e. The zero-order chi connectivity index (χ0) is 17.8. The van der Waals surface area contributed by atoms with Gasteiger partial charge in [0.05, 0.1) is 4.92 Å². The van der Waals surface area contributed by atoms with Gasteiger partial charge in [-0.25, -0.2) is 9.79 Å². The fraction of sp³-hybridized carbons (Fsp3) is 0. The minimum absolute atomic E-state index is 0.000216. The molecule has 1 heterocycles. The lowest BCUT2D eigenvalue weighted by Crippen LogP contribution is -2.06. The minimum Gasteiger partial charge on any atom is -0.402 e. The van der Waals surface area contributed by atoms with Gasteiger partial charge in [0.1, 0.15) is 5.02 Å². The van der Waals surface area contributed by atoms with Crippen LogP contribution in [0.3, 0.4) is 0 Å². The van der Waals surface area contributed by atoms with Crippen molar-refractivity contribution < 1.29 is 14.5 Å². The summed E-state index contributed by atoms with van der Waals surface area (Å²) < 4.78 is 5.08. The van der Waals surface area contributed by atoms with E-state index in [1.165, 1.54) is 24.3 Å². The summed E-state index contributed by atoms with van der Waals surface area (Å²) in [6.07, 6.45) is 5.02. The van der Waals surface area contributed by atoms with Gasteiger partial charge in [0.15, 0.2) is 5.70 Å². The first kappa shape index (κ1) is 16.6. The summed E-state index contributed by atoms with van der Waals surface area (Å²) in [6.45, 7) is 0. The monoisotopic (exact) mass is 354 g/mol. The summed E-state index contributed by atoms with van der Waals surface area (Å²) in [4.78, 5) is 26.3. The number of nitro benzene ring substituents is 1. The van der Waals surface area contributed by atoms with Crippen molar-refractivity contribution >= 4 is 35.2 Å². The van der Waals surface area contributed by atoms with Crippen molar-refractivity contribution in [1.82, 2.24) is 0 Å². The molecule has 0 amide bonds. The normalized spacial score (nSPS) is 15.5. The van der Waals surface area contributed by atoms with Gasteiger partial charge in [0.2, 0.25) is 5.90 Å². The zero-order valence-corrected chi connectivity index (χ0v) is 13.5. The lowest BCUT2D eigenvalue weighted by atomic mass is 10.2. The number of carbonyl (C=O) groups is 1. The Morgan fingerprint density at radius 2 is 1.92 bits per heavy atom. The van der Waals surface area contributed by atoms with Crippen LogP contribution in [0, 0.1) is 10.1 Å². The second-order valence-corrected chi connectivity index (χ2v) is 5.46. The van der Waals surface area contributed by atoms with E-state index in [1.807, 2.05) is 36.4 Å². The molecule has 0 radical (unpaired) electrons. The van der Waals surface area contributed by atoms with Crippen LogP contribution in [-0.4, -0.2) is 16.8 Å². The Hall–Kier alpha value is -3.25. The molecule has 25 heavy (non-hydrogen) atoms. The first-order valence-corrected chi connectivity index (χ1v) is 7.61. The number of halogens is 1. The Kier molecular flexibility index (Phi) is 4.72. The highest BCUT2D eigenvalue weighted by atomic mass is 35.5. The van der Waals surface area contributed by atoms with Gasteiger partial charge in [-0.2, -0.15) is 0 Å². The van der Waals surface area contributed by atoms with Crippen LogP contribution in [0.4, 0.5) is 5.69 Å². The van der Waals surface area contributed by atoms with Crippen molar-refractivity contribution in [1.29, 1.82) is 0 Å². The van der Waals surface area contributed by atoms with Crippen molar-refractivity contribution in [3.8, 4) is 0 Å². The van der Waals surface area contributed by atoms with Crippen LogP contribution in [0.1, 0.15) is 11.1 Å². The summed E-state index contributed by atoms with van der Waals surface area (Å²) in [5.41, 5.74) is 1.11. The largest absolute Gasteiger partial charge is 0.402 e. The van der Waals surface area contributed by atoms with Crippen molar-refractivity contribution in [3.63, 3.8) is 0 Å². The van der Waals surface area contributed by atoms with E-state index in [9.17, 15) is 14.9 Å². The number of esters is 1. The van der Waals surface area contributed by atoms with Gasteiger partial charge < -0.3 is 4.74 Å². The number of nitro groups is 1. The lowest BCUT2D eigenvalue weighted by Gasteiger charge is -2.00. The zero-order valence-electron chi connectivity index (χ0n) is 12.8. The molecule has 0 fully saturated rings. The van der Waals surface area contributed by atoms with Crippen molar-refractivity contribution in [2.45, 2.75) is 0 Å². The summed E-state index contributed by atoms with van der Waals surface area (Å²) in [5, 5.41) is 10.9. The van der Waals surface area contributed by atoms with Crippen molar-refractivity contribution in [2.75, 3.05) is 0 Å². The van der Waals surface area contributed by atoms with Gasteiger partial charge in [-0.1, -0.05) is 54.1 Å². The van der Waals surface area contributed by atoms with Crippen LogP contribution in [-0.2, 0) is 9.53 Å². The van der Waals surface area contributed by atoms with Gasteiger partial charge in [0, 0.05) is 11.6 Å². The molecule has 3 rings (SSSR count). The van der Waals surface area contributed by atoms with Crippen LogP contribution in [0.25, 0.3) is 6.08 Å². The Labute approximate surface area is 147 Å². The summed E-state index contributed by atoms with van der Waals surface area (Å²) in [7, 11) is 0. The van der Waals surface area contributed by atoms with Crippen molar-refractivity contribution in [2.24, 2.45) is 4.99 Å². The molecule has 0 spiro atoms. The molecular weight excluding hydrogens is 344 g/mol. The number of benzene rings is 2. The fourth-order valence-corrected chi connectivity index (χ4v) is 2.33. The van der Waals surface area contributed by atoms with Gasteiger partial charge >= 0.3 is 5.97 Å². The van der Waals surface area contributed by atoms with Gasteiger partial charge in [0.25, 0.3) is 5.69 Å². The predicted molar refractivity (Wildman–Crippen MR) is 94.3 cm³/mol. The van der Waals surface area contributed by atoms with Crippen LogP contribution in [0.5, 0.6) is 0 Å². The van der Waals surface area contributed by atoms with Crippen LogP contribution in [0.2, 0.25) is 5.02 Å². The van der Waals surface area contributed by atoms with Gasteiger partial charge in [-0.05, 0) is 23.8 Å². The van der Waals surface area contributed by atoms with Crippen LogP contribution < -0.4 is 0 Å². The lowest BCUT2D eigenvalue weighted by molar-refractivity contribution is -0.384. The van der Waals surface area contributed by atoms with E-state index >= 15 is 0 Å². The summed E-state index contributed by atoms with van der Waals surface area (Å²) in [5.74, 6) is -0.616. The Balaban J connectivity index is 1.85. The molecule has 6 nitrogen and oxygen atoms in total.